The third kappa shape index (κ3) is 4.95. The Labute approximate surface area is 113 Å². The molecule has 2 N–H and O–H groups in total. The standard InChI is InChI=1S/C15H19NO3/c1-3-11-5-7-12(8-6-11)9-10-14(17)16-13(4-2)15(18)19/h5-10,13H,3-4H2,1-2H3,(H,16,17)(H,18,19)/t13-/m1/s1. The zero-order valence-electron chi connectivity index (χ0n) is 11.2. The molecule has 0 aliphatic heterocycles. The molecule has 4 heteroatoms. The lowest BCUT2D eigenvalue weighted by atomic mass is 10.1. The van der Waals surface area contributed by atoms with Crippen molar-refractivity contribution in [1.29, 1.82) is 0 Å². The molecule has 1 atom stereocenters. The summed E-state index contributed by atoms with van der Waals surface area (Å²) in [5.74, 6) is -1.41. The number of benzene rings is 1. The number of rotatable bonds is 6. The second kappa shape index (κ2) is 7.36. The van der Waals surface area contributed by atoms with E-state index in [1.807, 2.05) is 24.3 Å². The molecule has 0 spiro atoms. The van der Waals surface area contributed by atoms with Crippen molar-refractivity contribution in [1.82, 2.24) is 5.32 Å². The second-order valence-corrected chi connectivity index (χ2v) is 4.24. The lowest BCUT2D eigenvalue weighted by Gasteiger charge is -2.09. The van der Waals surface area contributed by atoms with Crippen LogP contribution in [0.1, 0.15) is 31.4 Å². The van der Waals surface area contributed by atoms with Crippen LogP contribution in [0.3, 0.4) is 0 Å². The largest absolute Gasteiger partial charge is 0.480 e. The van der Waals surface area contributed by atoms with Gasteiger partial charge in [0.25, 0.3) is 0 Å². The number of hydrogen-bond donors (Lipinski definition) is 2. The van der Waals surface area contributed by atoms with Crippen molar-refractivity contribution >= 4 is 18.0 Å². The van der Waals surface area contributed by atoms with Crippen LogP contribution in [-0.4, -0.2) is 23.0 Å². The first kappa shape index (κ1) is 15.0. The van der Waals surface area contributed by atoms with Gasteiger partial charge >= 0.3 is 5.97 Å². The molecule has 0 aliphatic carbocycles. The Morgan fingerprint density at radius 1 is 1.26 bits per heavy atom. The SMILES string of the molecule is CCc1ccc(C=CC(=O)N[C@H](CC)C(=O)O)cc1. The summed E-state index contributed by atoms with van der Waals surface area (Å²) in [5, 5.41) is 11.3. The molecule has 19 heavy (non-hydrogen) atoms. The Bertz CT molecular complexity index is 463. The van der Waals surface area contributed by atoms with Crippen molar-refractivity contribution in [3.8, 4) is 0 Å². The molecular weight excluding hydrogens is 242 g/mol. The third-order valence-corrected chi connectivity index (χ3v) is 2.84. The van der Waals surface area contributed by atoms with Crippen LogP contribution in [0.2, 0.25) is 0 Å². The van der Waals surface area contributed by atoms with Crippen LogP contribution in [-0.2, 0) is 16.0 Å². The van der Waals surface area contributed by atoms with Crippen LogP contribution in [0.25, 0.3) is 6.08 Å². The topological polar surface area (TPSA) is 66.4 Å². The van der Waals surface area contributed by atoms with Crippen LogP contribution < -0.4 is 5.32 Å². The molecule has 0 fully saturated rings. The lowest BCUT2D eigenvalue weighted by Crippen LogP contribution is -2.39. The summed E-state index contributed by atoms with van der Waals surface area (Å²) in [4.78, 5) is 22.3. The number of carbonyl (C=O) groups is 2. The molecule has 1 amide bonds. The Balaban J connectivity index is 2.59. The average Bonchev–Trinajstić information content (AvgIpc) is 2.42. The molecule has 0 bridgehead atoms. The van der Waals surface area contributed by atoms with E-state index in [2.05, 4.69) is 12.2 Å². The van der Waals surface area contributed by atoms with E-state index in [0.717, 1.165) is 12.0 Å². The monoisotopic (exact) mass is 261 g/mol. The average molecular weight is 261 g/mol. The predicted molar refractivity (Wildman–Crippen MR) is 74.7 cm³/mol. The predicted octanol–water partition coefficient (Wildman–Crippen LogP) is 2.24. The summed E-state index contributed by atoms with van der Waals surface area (Å²) in [6, 6.07) is 7.03. The Kier molecular flexibility index (Phi) is 5.79. The molecule has 0 saturated heterocycles. The van der Waals surface area contributed by atoms with Gasteiger partial charge in [-0.2, -0.15) is 0 Å². The van der Waals surface area contributed by atoms with Crippen LogP contribution in [0.15, 0.2) is 30.3 Å². The van der Waals surface area contributed by atoms with Crippen molar-refractivity contribution in [2.75, 3.05) is 0 Å². The van der Waals surface area contributed by atoms with Crippen LogP contribution in [0.5, 0.6) is 0 Å². The second-order valence-electron chi connectivity index (χ2n) is 4.24. The normalized spacial score (nSPS) is 12.3. The van der Waals surface area contributed by atoms with Crippen LogP contribution >= 0.6 is 0 Å². The first-order chi connectivity index (χ1) is 9.06. The first-order valence-corrected chi connectivity index (χ1v) is 6.37. The summed E-state index contributed by atoms with van der Waals surface area (Å²) < 4.78 is 0. The summed E-state index contributed by atoms with van der Waals surface area (Å²) in [6.45, 7) is 3.79. The molecule has 4 nitrogen and oxygen atoms in total. The quantitative estimate of drug-likeness (QED) is 0.772. The number of nitrogens with one attached hydrogen (secondary N) is 1. The molecule has 0 aromatic heterocycles. The van der Waals surface area contributed by atoms with E-state index < -0.39 is 17.9 Å². The molecule has 0 aliphatic rings. The first-order valence-electron chi connectivity index (χ1n) is 6.37. The lowest BCUT2D eigenvalue weighted by molar-refractivity contribution is -0.141. The van der Waals surface area contributed by atoms with Gasteiger partial charge in [-0.3, -0.25) is 4.79 Å². The van der Waals surface area contributed by atoms with E-state index in [4.69, 9.17) is 5.11 Å². The fourth-order valence-electron chi connectivity index (χ4n) is 1.59. The minimum atomic E-state index is -1.02. The van der Waals surface area contributed by atoms with E-state index in [1.165, 1.54) is 11.6 Å². The van der Waals surface area contributed by atoms with Gasteiger partial charge in [0.05, 0.1) is 0 Å². The van der Waals surface area contributed by atoms with Crippen LogP contribution in [0, 0.1) is 0 Å². The smallest absolute Gasteiger partial charge is 0.326 e. The Morgan fingerprint density at radius 2 is 1.89 bits per heavy atom. The Morgan fingerprint density at radius 3 is 2.37 bits per heavy atom. The fraction of sp³-hybridized carbons (Fsp3) is 0.333. The van der Waals surface area contributed by atoms with Crippen molar-refractivity contribution in [2.45, 2.75) is 32.7 Å². The van der Waals surface area contributed by atoms with Crippen molar-refractivity contribution in [3.05, 3.63) is 41.5 Å². The molecule has 102 valence electrons. The molecule has 1 rings (SSSR count). The van der Waals surface area contributed by atoms with Gasteiger partial charge < -0.3 is 10.4 Å². The van der Waals surface area contributed by atoms with Gasteiger partial charge in [0.2, 0.25) is 5.91 Å². The minimum Gasteiger partial charge on any atom is -0.480 e. The van der Waals surface area contributed by atoms with Gasteiger partial charge in [0.1, 0.15) is 6.04 Å². The van der Waals surface area contributed by atoms with E-state index in [1.54, 1.807) is 13.0 Å². The fourth-order valence-corrected chi connectivity index (χ4v) is 1.59. The molecule has 1 aromatic rings. The molecule has 0 unspecified atom stereocenters. The number of carboxylic acids is 1. The van der Waals surface area contributed by atoms with Crippen molar-refractivity contribution in [2.24, 2.45) is 0 Å². The number of hydrogen-bond acceptors (Lipinski definition) is 2. The van der Waals surface area contributed by atoms with E-state index in [0.29, 0.717) is 6.42 Å². The number of aliphatic carboxylic acids is 1. The highest BCUT2D eigenvalue weighted by atomic mass is 16.4. The van der Waals surface area contributed by atoms with Gasteiger partial charge in [-0.05, 0) is 30.0 Å². The highest BCUT2D eigenvalue weighted by Crippen LogP contribution is 2.06. The van der Waals surface area contributed by atoms with Crippen molar-refractivity contribution < 1.29 is 14.7 Å². The molecule has 0 radical (unpaired) electrons. The number of aryl methyl sites for hydroxylation is 1. The molecule has 1 aromatic carbocycles. The summed E-state index contributed by atoms with van der Waals surface area (Å²) >= 11 is 0. The zero-order valence-corrected chi connectivity index (χ0v) is 11.2. The highest BCUT2D eigenvalue weighted by Gasteiger charge is 2.15. The Hall–Kier alpha value is -2.10. The van der Waals surface area contributed by atoms with E-state index >= 15 is 0 Å². The van der Waals surface area contributed by atoms with Gasteiger partial charge in [0.15, 0.2) is 0 Å². The van der Waals surface area contributed by atoms with Crippen LogP contribution in [0.4, 0.5) is 0 Å². The molecule has 0 heterocycles. The van der Waals surface area contributed by atoms with Gasteiger partial charge in [-0.1, -0.05) is 38.1 Å². The number of carbonyl (C=O) groups excluding carboxylic acids is 1. The highest BCUT2D eigenvalue weighted by molar-refractivity contribution is 5.94. The maximum absolute atomic E-state index is 11.6. The number of amides is 1. The zero-order chi connectivity index (χ0) is 14.3. The van der Waals surface area contributed by atoms with E-state index in [9.17, 15) is 9.59 Å². The van der Waals surface area contributed by atoms with Gasteiger partial charge in [-0.25, -0.2) is 4.79 Å². The maximum Gasteiger partial charge on any atom is 0.326 e. The maximum atomic E-state index is 11.6. The summed E-state index contributed by atoms with van der Waals surface area (Å²) in [5.41, 5.74) is 2.15. The molecule has 0 saturated carbocycles. The van der Waals surface area contributed by atoms with Gasteiger partial charge in [-0.15, -0.1) is 0 Å². The third-order valence-electron chi connectivity index (χ3n) is 2.84. The summed E-state index contributed by atoms with van der Waals surface area (Å²) in [7, 11) is 0. The van der Waals surface area contributed by atoms with E-state index in [-0.39, 0.29) is 0 Å². The number of carboxylic acid groups (broad SMARTS) is 1. The van der Waals surface area contributed by atoms with Gasteiger partial charge in [0, 0.05) is 6.08 Å². The minimum absolute atomic E-state index is 0.361. The van der Waals surface area contributed by atoms with Crippen molar-refractivity contribution in [3.63, 3.8) is 0 Å². The molecular formula is C15H19NO3. The summed E-state index contributed by atoms with van der Waals surface area (Å²) in [6.07, 6.45) is 4.36.